The van der Waals surface area contributed by atoms with Crippen LogP contribution in [-0.2, 0) is 7.05 Å². The van der Waals surface area contributed by atoms with Gasteiger partial charge in [0.2, 0.25) is 11.7 Å². The fourth-order valence-corrected chi connectivity index (χ4v) is 3.44. The quantitative estimate of drug-likeness (QED) is 0.585. The topological polar surface area (TPSA) is 129 Å². The van der Waals surface area contributed by atoms with Crippen molar-refractivity contribution < 1.29 is 18.7 Å². The molecule has 1 aliphatic heterocycles. The van der Waals surface area contributed by atoms with Gasteiger partial charge >= 0.3 is 0 Å². The molecule has 0 saturated carbocycles. The van der Waals surface area contributed by atoms with Crippen molar-refractivity contribution in [3.63, 3.8) is 0 Å². The minimum absolute atomic E-state index is 0.00198. The molecule has 3 aromatic rings. The molecule has 9 nitrogen and oxygen atoms in total. The number of benzene rings is 1. The molecular weight excluding hydrogens is 403 g/mol. The number of ketones is 1. The molecule has 2 bridgehead atoms. The van der Waals surface area contributed by atoms with Gasteiger partial charge in [-0.05, 0) is 39.0 Å². The Kier molecular flexibility index (Phi) is 4.61. The number of rotatable bonds is 0. The minimum Gasteiger partial charge on any atom is -0.467 e. The van der Waals surface area contributed by atoms with E-state index in [1.807, 2.05) is 0 Å². The van der Waals surface area contributed by atoms with Gasteiger partial charge in [-0.1, -0.05) is 0 Å². The summed E-state index contributed by atoms with van der Waals surface area (Å²) in [6.07, 6.45) is 0.590. The van der Waals surface area contributed by atoms with E-state index in [0.29, 0.717) is 5.56 Å². The lowest BCUT2D eigenvalue weighted by Crippen LogP contribution is -2.39. The summed E-state index contributed by atoms with van der Waals surface area (Å²) >= 11 is 0. The number of anilines is 1. The number of aryl methyl sites for hydroxylation is 1. The molecule has 1 aliphatic rings. The summed E-state index contributed by atoms with van der Waals surface area (Å²) < 4.78 is 27.3. The van der Waals surface area contributed by atoms with Crippen LogP contribution >= 0.6 is 0 Å². The molecule has 0 saturated heterocycles. The lowest BCUT2D eigenvalue weighted by molar-refractivity contribution is 0.0563. The van der Waals surface area contributed by atoms with Crippen LogP contribution < -0.4 is 15.2 Å². The van der Waals surface area contributed by atoms with Crippen LogP contribution in [0.5, 0.6) is 11.8 Å². The smallest absolute Gasteiger partial charge is 0.258 e. The molecule has 4 rings (SSSR count). The number of hydrogen-bond acceptors (Lipinski definition) is 8. The molecule has 0 fully saturated rings. The molecular formula is C21H19FN6O3. The van der Waals surface area contributed by atoms with Crippen LogP contribution in [0.2, 0.25) is 0 Å². The van der Waals surface area contributed by atoms with Crippen molar-refractivity contribution in [2.24, 2.45) is 7.05 Å². The number of carbonyl (C=O) groups is 1. The lowest BCUT2D eigenvalue weighted by Gasteiger charge is -2.27. The van der Waals surface area contributed by atoms with Crippen LogP contribution in [0.3, 0.4) is 0 Å². The van der Waals surface area contributed by atoms with Crippen molar-refractivity contribution in [3.05, 3.63) is 47.0 Å². The van der Waals surface area contributed by atoms with Crippen LogP contribution in [0.15, 0.2) is 24.4 Å². The zero-order valence-electron chi connectivity index (χ0n) is 17.3. The number of ether oxygens (including phenoxy) is 2. The molecule has 3 heterocycles. The summed E-state index contributed by atoms with van der Waals surface area (Å²) in [6, 6.07) is 5.87. The minimum atomic E-state index is -1.40. The van der Waals surface area contributed by atoms with E-state index >= 15 is 0 Å². The van der Waals surface area contributed by atoms with Crippen molar-refractivity contribution in [2.45, 2.75) is 32.5 Å². The summed E-state index contributed by atoms with van der Waals surface area (Å²) in [5, 5.41) is 13.9. The molecule has 158 valence electrons. The average Bonchev–Trinajstić information content (AvgIpc) is 3.02. The number of fused-ring (bicyclic) bond motifs is 5. The van der Waals surface area contributed by atoms with Gasteiger partial charge in [-0.15, -0.1) is 5.10 Å². The highest BCUT2D eigenvalue weighted by atomic mass is 19.1. The lowest BCUT2D eigenvalue weighted by atomic mass is 9.91. The molecule has 1 atom stereocenters. The van der Waals surface area contributed by atoms with Crippen molar-refractivity contribution in [3.8, 4) is 29.1 Å². The number of halogens is 1. The Morgan fingerprint density at radius 2 is 2.06 bits per heavy atom. The number of hydrogen-bond donors (Lipinski definition) is 1. The van der Waals surface area contributed by atoms with Gasteiger partial charge in [-0.2, -0.15) is 5.26 Å². The maximum absolute atomic E-state index is 14.0. The SMILES string of the molecule is CC1Oc2nc(cnc2N)-c2c(nn(C)c2C#N)OC(C)(C)C(=O)c2ccc(F)cc21. The highest BCUT2D eigenvalue weighted by molar-refractivity contribution is 6.03. The van der Waals surface area contributed by atoms with Crippen molar-refractivity contribution in [1.29, 1.82) is 5.26 Å². The van der Waals surface area contributed by atoms with E-state index in [4.69, 9.17) is 15.2 Å². The van der Waals surface area contributed by atoms with E-state index in [2.05, 4.69) is 21.1 Å². The number of nitrogens with zero attached hydrogens (tertiary/aromatic N) is 5. The molecule has 10 heteroatoms. The molecule has 1 aromatic carbocycles. The van der Waals surface area contributed by atoms with E-state index in [1.165, 1.54) is 29.1 Å². The van der Waals surface area contributed by atoms with E-state index in [1.54, 1.807) is 27.8 Å². The maximum Gasteiger partial charge on any atom is 0.258 e. The van der Waals surface area contributed by atoms with Crippen LogP contribution in [-0.4, -0.2) is 31.1 Å². The number of carbonyl (C=O) groups excluding carboxylic acids is 1. The van der Waals surface area contributed by atoms with Crippen LogP contribution in [0.25, 0.3) is 11.3 Å². The van der Waals surface area contributed by atoms with Crippen LogP contribution in [0, 0.1) is 17.1 Å². The third kappa shape index (κ3) is 3.34. The summed E-state index contributed by atoms with van der Waals surface area (Å²) in [7, 11) is 1.57. The number of Topliss-reactive ketones (excluding diaryl/α,β-unsaturated/α-hetero) is 1. The Labute approximate surface area is 177 Å². The summed E-state index contributed by atoms with van der Waals surface area (Å²) in [6.45, 7) is 4.80. The van der Waals surface area contributed by atoms with Gasteiger partial charge in [0.25, 0.3) is 5.88 Å². The zero-order valence-corrected chi connectivity index (χ0v) is 17.3. The van der Waals surface area contributed by atoms with Gasteiger partial charge in [-0.3, -0.25) is 9.48 Å². The molecule has 1 unspecified atom stereocenters. The highest BCUT2D eigenvalue weighted by Crippen LogP contribution is 2.37. The molecule has 0 radical (unpaired) electrons. The first kappa shape index (κ1) is 20.3. The Morgan fingerprint density at radius 3 is 2.77 bits per heavy atom. The van der Waals surface area contributed by atoms with Gasteiger partial charge in [-0.25, -0.2) is 14.4 Å². The number of nitrogen functional groups attached to an aromatic ring is 1. The third-order valence-electron chi connectivity index (χ3n) is 5.03. The van der Waals surface area contributed by atoms with Crippen molar-refractivity contribution in [2.75, 3.05) is 5.73 Å². The second-order valence-electron chi connectivity index (χ2n) is 7.64. The summed E-state index contributed by atoms with van der Waals surface area (Å²) in [4.78, 5) is 21.9. The number of aromatic nitrogens is 4. The van der Waals surface area contributed by atoms with Crippen LogP contribution in [0.4, 0.5) is 10.2 Å². The van der Waals surface area contributed by atoms with Crippen molar-refractivity contribution >= 4 is 11.6 Å². The normalized spacial score (nSPS) is 17.2. The largest absolute Gasteiger partial charge is 0.467 e. The number of nitrogens with two attached hydrogens (primary N) is 1. The first-order chi connectivity index (χ1) is 14.6. The monoisotopic (exact) mass is 422 g/mol. The van der Waals surface area contributed by atoms with Gasteiger partial charge < -0.3 is 15.2 Å². The molecule has 0 amide bonds. The van der Waals surface area contributed by atoms with Gasteiger partial charge in [0, 0.05) is 18.2 Å². The van der Waals surface area contributed by atoms with Crippen molar-refractivity contribution in [1.82, 2.24) is 19.7 Å². The van der Waals surface area contributed by atoms with Gasteiger partial charge in [0.05, 0.1) is 6.20 Å². The van der Waals surface area contributed by atoms with E-state index in [-0.39, 0.29) is 40.1 Å². The first-order valence-corrected chi connectivity index (χ1v) is 9.42. The standard InChI is InChI=1S/C21H19FN6O3/c1-10-13-7-11(22)5-6-12(13)17(29)21(2,3)31-19-16(15(8-23)28(4)27-19)14-9-25-18(24)20(26-14)30-10/h5-7,9-10H,1-4H3,(H2,24,25). The predicted octanol–water partition coefficient (Wildman–Crippen LogP) is 2.96. The van der Waals surface area contributed by atoms with E-state index < -0.39 is 23.3 Å². The van der Waals surface area contributed by atoms with Gasteiger partial charge in [0.15, 0.2) is 17.1 Å². The second-order valence-corrected chi connectivity index (χ2v) is 7.64. The Bertz CT molecular complexity index is 1260. The summed E-state index contributed by atoms with van der Waals surface area (Å²) in [5.41, 5.74) is 5.73. The number of nitriles is 1. The average molecular weight is 422 g/mol. The Balaban J connectivity index is 2.02. The molecule has 2 N–H and O–H groups in total. The Morgan fingerprint density at radius 1 is 1.32 bits per heavy atom. The van der Waals surface area contributed by atoms with Crippen LogP contribution in [0.1, 0.15) is 48.5 Å². The third-order valence-corrected chi connectivity index (χ3v) is 5.03. The molecule has 2 aromatic heterocycles. The second kappa shape index (κ2) is 7.05. The Hall–Kier alpha value is -4.00. The highest BCUT2D eigenvalue weighted by Gasteiger charge is 2.37. The first-order valence-electron chi connectivity index (χ1n) is 9.42. The maximum atomic E-state index is 14.0. The summed E-state index contributed by atoms with van der Waals surface area (Å²) in [5.74, 6) is -0.921. The fourth-order valence-electron chi connectivity index (χ4n) is 3.44. The zero-order chi connectivity index (χ0) is 22.5. The molecule has 0 aliphatic carbocycles. The van der Waals surface area contributed by atoms with Gasteiger partial charge in [0.1, 0.15) is 29.2 Å². The van der Waals surface area contributed by atoms with E-state index in [0.717, 1.165) is 0 Å². The fraction of sp³-hybridized carbons (Fsp3) is 0.286. The molecule has 0 spiro atoms. The van der Waals surface area contributed by atoms with E-state index in [9.17, 15) is 14.4 Å². The predicted molar refractivity (Wildman–Crippen MR) is 108 cm³/mol. The molecule has 31 heavy (non-hydrogen) atoms.